The average molecular weight is 1130 g/mol. The second kappa shape index (κ2) is 69.1. The van der Waals surface area contributed by atoms with Gasteiger partial charge in [-0.1, -0.05) is 350 Å². The number of unbranched alkanes of at least 4 members (excludes halogenated alkanes) is 39. The van der Waals surface area contributed by atoms with Crippen molar-refractivity contribution in [2.45, 2.75) is 361 Å². The molecule has 0 fully saturated rings. The molecule has 0 radical (unpaired) electrons. The van der Waals surface area contributed by atoms with Crippen molar-refractivity contribution in [3.8, 4) is 0 Å². The van der Waals surface area contributed by atoms with Crippen LogP contribution in [0.2, 0.25) is 0 Å². The fourth-order valence-electron chi connectivity index (χ4n) is 10.2. The SMILES string of the molecule is CC/C=C\C/C=C\C/C=C\C/C=C\C/C=C\C/C=C\C/C=C\CCCC(=O)OC(COC(=O)CCCCCCCCCCCCC)COC(=O)CCCCCCCCCCCCCCCCCCCCCCCCCCCCCCC. The van der Waals surface area contributed by atoms with E-state index in [1.165, 1.54) is 218 Å². The topological polar surface area (TPSA) is 78.9 Å². The number of esters is 3. The van der Waals surface area contributed by atoms with Crippen molar-refractivity contribution in [1.82, 2.24) is 0 Å². The minimum Gasteiger partial charge on any atom is -0.462 e. The van der Waals surface area contributed by atoms with Gasteiger partial charge in [0.2, 0.25) is 0 Å². The lowest BCUT2D eigenvalue weighted by Crippen LogP contribution is -2.30. The van der Waals surface area contributed by atoms with E-state index in [1.807, 2.05) is 0 Å². The predicted molar refractivity (Wildman–Crippen MR) is 353 cm³/mol. The Hall–Kier alpha value is -3.41. The predicted octanol–water partition coefficient (Wildman–Crippen LogP) is 24.2. The normalized spacial score (nSPS) is 12.6. The highest BCUT2D eigenvalue weighted by molar-refractivity contribution is 5.71. The highest BCUT2D eigenvalue weighted by Gasteiger charge is 2.19. The van der Waals surface area contributed by atoms with Crippen LogP contribution in [0.3, 0.4) is 0 Å². The van der Waals surface area contributed by atoms with Crippen LogP contribution in [-0.4, -0.2) is 37.2 Å². The first kappa shape index (κ1) is 77.6. The zero-order valence-electron chi connectivity index (χ0n) is 53.8. The van der Waals surface area contributed by atoms with Crippen LogP contribution in [0.4, 0.5) is 0 Å². The molecule has 468 valence electrons. The van der Waals surface area contributed by atoms with Gasteiger partial charge in [0, 0.05) is 19.3 Å². The molecule has 0 aromatic carbocycles. The fourth-order valence-corrected chi connectivity index (χ4v) is 10.2. The molecule has 0 saturated carbocycles. The Labute approximate surface area is 503 Å². The van der Waals surface area contributed by atoms with Crippen LogP contribution in [0.5, 0.6) is 0 Å². The summed E-state index contributed by atoms with van der Waals surface area (Å²) in [5.74, 6) is -0.939. The van der Waals surface area contributed by atoms with E-state index in [9.17, 15) is 14.4 Å². The number of hydrogen-bond acceptors (Lipinski definition) is 6. The zero-order chi connectivity index (χ0) is 58.5. The molecule has 0 heterocycles. The number of rotatable bonds is 64. The number of carbonyl (C=O) groups excluding carboxylic acids is 3. The van der Waals surface area contributed by atoms with Crippen LogP contribution in [0.15, 0.2) is 85.1 Å². The van der Waals surface area contributed by atoms with E-state index in [0.717, 1.165) is 89.9 Å². The maximum atomic E-state index is 12.9. The molecule has 0 aliphatic heterocycles. The van der Waals surface area contributed by atoms with Gasteiger partial charge in [-0.25, -0.2) is 0 Å². The van der Waals surface area contributed by atoms with Gasteiger partial charge in [-0.15, -0.1) is 0 Å². The molecule has 0 aliphatic rings. The molecule has 6 heteroatoms. The third kappa shape index (κ3) is 67.3. The molecule has 0 aromatic heterocycles. The fraction of sp³-hybridized carbons (Fsp3) is 0.773. The number of carbonyl (C=O) groups is 3. The van der Waals surface area contributed by atoms with Crippen molar-refractivity contribution < 1.29 is 28.6 Å². The van der Waals surface area contributed by atoms with Crippen molar-refractivity contribution in [1.29, 1.82) is 0 Å². The van der Waals surface area contributed by atoms with Crippen molar-refractivity contribution in [2.24, 2.45) is 0 Å². The lowest BCUT2D eigenvalue weighted by atomic mass is 10.0. The summed E-state index contributed by atoms with van der Waals surface area (Å²) in [7, 11) is 0. The Balaban J connectivity index is 4.25. The Morgan fingerprint density at radius 3 is 0.741 bits per heavy atom. The van der Waals surface area contributed by atoms with Gasteiger partial charge in [0.15, 0.2) is 6.10 Å². The van der Waals surface area contributed by atoms with Crippen LogP contribution < -0.4 is 0 Å². The first-order valence-electron chi connectivity index (χ1n) is 35.1. The molecule has 1 unspecified atom stereocenters. The van der Waals surface area contributed by atoms with E-state index < -0.39 is 6.10 Å². The van der Waals surface area contributed by atoms with Gasteiger partial charge in [0.05, 0.1) is 0 Å². The number of hydrogen-bond donors (Lipinski definition) is 0. The maximum absolute atomic E-state index is 12.9. The molecule has 0 aromatic rings. The first-order chi connectivity index (χ1) is 40.0. The van der Waals surface area contributed by atoms with E-state index in [4.69, 9.17) is 14.2 Å². The summed E-state index contributed by atoms with van der Waals surface area (Å²) < 4.78 is 16.9. The van der Waals surface area contributed by atoms with Gasteiger partial charge < -0.3 is 14.2 Å². The van der Waals surface area contributed by atoms with E-state index in [2.05, 4.69) is 106 Å². The summed E-state index contributed by atoms with van der Waals surface area (Å²) in [5.41, 5.74) is 0. The van der Waals surface area contributed by atoms with E-state index in [0.29, 0.717) is 19.3 Å². The van der Waals surface area contributed by atoms with Crippen molar-refractivity contribution >= 4 is 17.9 Å². The van der Waals surface area contributed by atoms with Crippen molar-refractivity contribution in [3.63, 3.8) is 0 Å². The summed E-state index contributed by atoms with van der Waals surface area (Å²) in [5, 5.41) is 0. The smallest absolute Gasteiger partial charge is 0.306 e. The van der Waals surface area contributed by atoms with Crippen LogP contribution in [0.25, 0.3) is 0 Å². The van der Waals surface area contributed by atoms with Gasteiger partial charge in [0.1, 0.15) is 13.2 Å². The lowest BCUT2D eigenvalue weighted by Gasteiger charge is -2.18. The average Bonchev–Trinajstić information content (AvgIpc) is 3.47. The second-order valence-electron chi connectivity index (χ2n) is 23.4. The summed E-state index contributed by atoms with van der Waals surface area (Å²) >= 11 is 0. The van der Waals surface area contributed by atoms with Gasteiger partial charge in [-0.3, -0.25) is 14.4 Å². The van der Waals surface area contributed by atoms with Gasteiger partial charge >= 0.3 is 17.9 Å². The monoisotopic (exact) mass is 1130 g/mol. The molecular formula is C75H132O6. The van der Waals surface area contributed by atoms with Crippen LogP contribution in [0, 0.1) is 0 Å². The number of allylic oxidation sites excluding steroid dienone is 14. The number of ether oxygens (including phenoxy) is 3. The maximum Gasteiger partial charge on any atom is 0.306 e. The minimum absolute atomic E-state index is 0.0955. The Morgan fingerprint density at radius 1 is 0.259 bits per heavy atom. The molecular weight excluding hydrogens is 997 g/mol. The molecule has 0 spiro atoms. The third-order valence-corrected chi connectivity index (χ3v) is 15.4. The summed E-state index contributed by atoms with van der Waals surface area (Å²) in [6.07, 6.45) is 92.0. The first-order valence-corrected chi connectivity index (χ1v) is 35.1. The molecule has 0 saturated heterocycles. The van der Waals surface area contributed by atoms with Crippen LogP contribution in [-0.2, 0) is 28.6 Å². The largest absolute Gasteiger partial charge is 0.462 e. The van der Waals surface area contributed by atoms with E-state index in [1.54, 1.807) is 0 Å². The Morgan fingerprint density at radius 2 is 0.481 bits per heavy atom. The van der Waals surface area contributed by atoms with Gasteiger partial charge in [-0.2, -0.15) is 0 Å². The second-order valence-corrected chi connectivity index (χ2v) is 23.4. The van der Waals surface area contributed by atoms with Crippen molar-refractivity contribution in [3.05, 3.63) is 85.1 Å². The van der Waals surface area contributed by atoms with E-state index in [-0.39, 0.29) is 37.5 Å². The lowest BCUT2D eigenvalue weighted by molar-refractivity contribution is -0.167. The third-order valence-electron chi connectivity index (χ3n) is 15.4. The minimum atomic E-state index is -0.806. The van der Waals surface area contributed by atoms with Gasteiger partial charge in [-0.05, 0) is 70.6 Å². The highest BCUT2D eigenvalue weighted by Crippen LogP contribution is 2.18. The molecule has 0 rings (SSSR count). The quantitative estimate of drug-likeness (QED) is 0.0261. The summed E-state index contributed by atoms with van der Waals surface area (Å²) in [6.45, 7) is 6.52. The molecule has 81 heavy (non-hydrogen) atoms. The highest BCUT2D eigenvalue weighted by atomic mass is 16.6. The molecule has 0 bridgehead atoms. The van der Waals surface area contributed by atoms with Gasteiger partial charge in [0.25, 0.3) is 0 Å². The summed E-state index contributed by atoms with van der Waals surface area (Å²) in [6, 6.07) is 0. The summed E-state index contributed by atoms with van der Waals surface area (Å²) in [4.78, 5) is 38.3. The Kier molecular flexibility index (Phi) is 66.2. The van der Waals surface area contributed by atoms with E-state index >= 15 is 0 Å². The molecule has 1 atom stereocenters. The zero-order valence-corrected chi connectivity index (χ0v) is 53.8. The standard InChI is InChI=1S/C75H132O6/c1-4-7-10-13-16-19-22-24-26-28-30-32-34-35-36-37-38-39-41-42-44-46-48-50-53-56-59-62-65-68-74(77)80-71-72(70-79-73(76)67-64-61-58-55-52-21-18-15-12-9-6-3)81-75(78)69-66-63-60-57-54-51-49-47-45-43-40-33-31-29-27-25-23-20-17-14-11-8-5-2/h8,11,17,20,25,27,31,33,43,45,49,51,57,60,72H,4-7,9-10,12-16,18-19,21-24,26,28-30,32,34-42,44,46-48,50,52-56,58-59,61-71H2,1-3H3/b11-8-,20-17-,27-25-,33-31-,45-43-,51-49-,60-57-. The van der Waals surface area contributed by atoms with Crippen LogP contribution >= 0.6 is 0 Å². The Bertz CT molecular complexity index is 1530. The van der Waals surface area contributed by atoms with Crippen molar-refractivity contribution in [2.75, 3.05) is 13.2 Å². The van der Waals surface area contributed by atoms with Crippen LogP contribution in [0.1, 0.15) is 355 Å². The molecule has 6 nitrogen and oxygen atoms in total. The molecule has 0 aliphatic carbocycles. The molecule has 0 amide bonds. The molecule has 0 N–H and O–H groups in total.